The Morgan fingerprint density at radius 2 is 2.11 bits per heavy atom. The van der Waals surface area contributed by atoms with Gasteiger partial charge in [0.15, 0.2) is 0 Å². The maximum Gasteiger partial charge on any atom is 0.325 e. The van der Waals surface area contributed by atoms with Gasteiger partial charge < -0.3 is 9.64 Å². The Balaban J connectivity index is 2.79. The quantitative estimate of drug-likeness (QED) is 0.692. The zero-order chi connectivity index (χ0) is 13.4. The van der Waals surface area contributed by atoms with E-state index in [9.17, 15) is 4.79 Å². The first kappa shape index (κ1) is 14.4. The van der Waals surface area contributed by atoms with Gasteiger partial charge >= 0.3 is 5.97 Å². The van der Waals surface area contributed by atoms with Crippen molar-refractivity contribution in [2.24, 2.45) is 0 Å². The molecule has 0 spiro atoms. The highest BCUT2D eigenvalue weighted by atomic mass is 16.5. The smallest absolute Gasteiger partial charge is 0.325 e. The summed E-state index contributed by atoms with van der Waals surface area (Å²) >= 11 is 0. The minimum absolute atomic E-state index is 0.220. The molecule has 0 aliphatic heterocycles. The fraction of sp³-hybridized carbons (Fsp3) is 0.615. The van der Waals surface area contributed by atoms with Crippen LogP contribution in [0.25, 0.3) is 0 Å². The molecule has 0 amide bonds. The molecule has 100 valence electrons. The summed E-state index contributed by atoms with van der Waals surface area (Å²) in [5, 5.41) is 0. The maximum atomic E-state index is 11.5. The normalized spacial score (nSPS) is 10.2. The standard InChI is InChI=1S/C13H21N3O2/c1-4-7-16(9-13(17)18-6-3)12-8-11(5-2)14-10-15-12/h8,10H,4-7,9H2,1-3H3. The van der Waals surface area contributed by atoms with Crippen molar-refractivity contribution in [3.05, 3.63) is 18.1 Å². The maximum absolute atomic E-state index is 11.5. The van der Waals surface area contributed by atoms with Crippen molar-refractivity contribution in [2.75, 3.05) is 24.6 Å². The number of hydrogen-bond donors (Lipinski definition) is 0. The lowest BCUT2D eigenvalue weighted by Gasteiger charge is -2.22. The number of carbonyl (C=O) groups is 1. The minimum Gasteiger partial charge on any atom is -0.465 e. The van der Waals surface area contributed by atoms with Crippen LogP contribution in [0.4, 0.5) is 5.82 Å². The second-order valence-corrected chi connectivity index (χ2v) is 3.95. The average Bonchev–Trinajstić information content (AvgIpc) is 2.38. The summed E-state index contributed by atoms with van der Waals surface area (Å²) in [7, 11) is 0. The lowest BCUT2D eigenvalue weighted by Crippen LogP contribution is -2.32. The monoisotopic (exact) mass is 251 g/mol. The van der Waals surface area contributed by atoms with E-state index in [1.54, 1.807) is 6.33 Å². The first-order chi connectivity index (χ1) is 8.71. The van der Waals surface area contributed by atoms with E-state index >= 15 is 0 Å². The number of esters is 1. The summed E-state index contributed by atoms with van der Waals surface area (Å²) < 4.78 is 4.97. The molecule has 1 aromatic heterocycles. The van der Waals surface area contributed by atoms with Crippen molar-refractivity contribution in [2.45, 2.75) is 33.6 Å². The van der Waals surface area contributed by atoms with Gasteiger partial charge in [0, 0.05) is 18.3 Å². The molecule has 0 aromatic carbocycles. The lowest BCUT2D eigenvalue weighted by atomic mass is 10.3. The lowest BCUT2D eigenvalue weighted by molar-refractivity contribution is -0.141. The summed E-state index contributed by atoms with van der Waals surface area (Å²) in [4.78, 5) is 21.9. The molecule has 18 heavy (non-hydrogen) atoms. The third-order valence-corrected chi connectivity index (χ3v) is 2.51. The SMILES string of the molecule is CCCN(CC(=O)OCC)c1cc(CC)ncn1. The molecule has 0 unspecified atom stereocenters. The third-order valence-electron chi connectivity index (χ3n) is 2.51. The number of carbonyl (C=O) groups excluding carboxylic acids is 1. The second kappa shape index (κ2) is 7.63. The van der Waals surface area contributed by atoms with Crippen LogP contribution in [-0.2, 0) is 16.0 Å². The van der Waals surface area contributed by atoms with Crippen LogP contribution in [0.15, 0.2) is 12.4 Å². The van der Waals surface area contributed by atoms with Crippen molar-refractivity contribution in [3.63, 3.8) is 0 Å². The molecule has 5 nitrogen and oxygen atoms in total. The van der Waals surface area contributed by atoms with Crippen molar-refractivity contribution >= 4 is 11.8 Å². The van der Waals surface area contributed by atoms with Gasteiger partial charge in [-0.15, -0.1) is 0 Å². The van der Waals surface area contributed by atoms with Crippen LogP contribution < -0.4 is 4.90 Å². The molecular formula is C13H21N3O2. The molecule has 0 radical (unpaired) electrons. The molecule has 0 atom stereocenters. The number of rotatable bonds is 7. The van der Waals surface area contributed by atoms with Gasteiger partial charge in [-0.1, -0.05) is 13.8 Å². The molecule has 0 aliphatic carbocycles. The zero-order valence-electron chi connectivity index (χ0n) is 11.3. The van der Waals surface area contributed by atoms with Crippen molar-refractivity contribution in [1.29, 1.82) is 0 Å². The fourth-order valence-corrected chi connectivity index (χ4v) is 1.66. The molecule has 0 saturated carbocycles. The molecule has 0 N–H and O–H groups in total. The highest BCUT2D eigenvalue weighted by molar-refractivity contribution is 5.75. The number of ether oxygens (including phenoxy) is 1. The van der Waals surface area contributed by atoms with E-state index in [1.807, 2.05) is 24.8 Å². The molecule has 1 heterocycles. The molecule has 5 heteroatoms. The van der Waals surface area contributed by atoms with Gasteiger partial charge in [-0.3, -0.25) is 4.79 Å². The summed E-state index contributed by atoms with van der Waals surface area (Å²) in [6.45, 7) is 7.34. The predicted octanol–water partition coefficient (Wildman–Crippen LogP) is 1.82. The molecule has 0 bridgehead atoms. The van der Waals surface area contributed by atoms with Gasteiger partial charge in [-0.2, -0.15) is 0 Å². The Kier molecular flexibility index (Phi) is 6.11. The van der Waals surface area contributed by atoms with Crippen LogP contribution >= 0.6 is 0 Å². The molecule has 1 aromatic rings. The van der Waals surface area contributed by atoms with Crippen LogP contribution in [0.1, 0.15) is 32.9 Å². The minimum atomic E-state index is -0.220. The second-order valence-electron chi connectivity index (χ2n) is 3.95. The van der Waals surface area contributed by atoms with Gasteiger partial charge in [0.05, 0.1) is 6.61 Å². The molecule has 0 aliphatic rings. The van der Waals surface area contributed by atoms with E-state index in [-0.39, 0.29) is 12.5 Å². The van der Waals surface area contributed by atoms with E-state index in [0.29, 0.717) is 6.61 Å². The van der Waals surface area contributed by atoms with E-state index < -0.39 is 0 Å². The summed E-state index contributed by atoms with van der Waals surface area (Å²) in [6, 6.07) is 1.93. The van der Waals surface area contributed by atoms with Crippen LogP contribution in [-0.4, -0.2) is 35.6 Å². The number of aromatic nitrogens is 2. The number of aryl methyl sites for hydroxylation is 1. The Morgan fingerprint density at radius 3 is 2.72 bits per heavy atom. The van der Waals surface area contributed by atoms with Crippen molar-refractivity contribution in [3.8, 4) is 0 Å². The third kappa shape index (κ3) is 4.31. The zero-order valence-corrected chi connectivity index (χ0v) is 11.3. The van der Waals surface area contributed by atoms with Crippen LogP contribution in [0.2, 0.25) is 0 Å². The molecule has 0 saturated heterocycles. The van der Waals surface area contributed by atoms with E-state index in [4.69, 9.17) is 4.74 Å². The summed E-state index contributed by atoms with van der Waals surface area (Å²) in [6.07, 6.45) is 3.35. The van der Waals surface area contributed by atoms with Crippen molar-refractivity contribution < 1.29 is 9.53 Å². The summed E-state index contributed by atoms with van der Waals surface area (Å²) in [5.74, 6) is 0.569. The molecule has 1 rings (SSSR count). The predicted molar refractivity (Wildman–Crippen MR) is 70.5 cm³/mol. The van der Waals surface area contributed by atoms with E-state index in [1.165, 1.54) is 0 Å². The van der Waals surface area contributed by atoms with Gasteiger partial charge in [0.2, 0.25) is 0 Å². The van der Waals surface area contributed by atoms with Crippen LogP contribution in [0.5, 0.6) is 0 Å². The Bertz CT molecular complexity index is 382. The van der Waals surface area contributed by atoms with Gasteiger partial charge in [-0.05, 0) is 19.8 Å². The first-order valence-electron chi connectivity index (χ1n) is 6.42. The number of anilines is 1. The Labute approximate surface area is 108 Å². The average molecular weight is 251 g/mol. The first-order valence-corrected chi connectivity index (χ1v) is 6.42. The number of hydrogen-bond acceptors (Lipinski definition) is 5. The van der Waals surface area contributed by atoms with Crippen molar-refractivity contribution in [1.82, 2.24) is 9.97 Å². The van der Waals surface area contributed by atoms with E-state index in [0.717, 1.165) is 30.9 Å². The topological polar surface area (TPSA) is 55.3 Å². The fourth-order valence-electron chi connectivity index (χ4n) is 1.66. The number of nitrogens with zero attached hydrogens (tertiary/aromatic N) is 3. The molecule has 0 fully saturated rings. The Hall–Kier alpha value is -1.65. The van der Waals surface area contributed by atoms with Crippen LogP contribution in [0, 0.1) is 0 Å². The van der Waals surface area contributed by atoms with Gasteiger partial charge in [-0.25, -0.2) is 9.97 Å². The van der Waals surface area contributed by atoms with Gasteiger partial charge in [0.1, 0.15) is 18.7 Å². The van der Waals surface area contributed by atoms with Gasteiger partial charge in [0.25, 0.3) is 0 Å². The van der Waals surface area contributed by atoms with Crippen LogP contribution in [0.3, 0.4) is 0 Å². The largest absolute Gasteiger partial charge is 0.465 e. The highest BCUT2D eigenvalue weighted by Gasteiger charge is 2.13. The summed E-state index contributed by atoms with van der Waals surface area (Å²) in [5.41, 5.74) is 0.977. The molecular weight excluding hydrogens is 230 g/mol. The Morgan fingerprint density at radius 1 is 1.33 bits per heavy atom. The highest BCUT2D eigenvalue weighted by Crippen LogP contribution is 2.12. The van der Waals surface area contributed by atoms with E-state index in [2.05, 4.69) is 16.9 Å².